The number of aryl methyl sites for hydroxylation is 1. The van der Waals surface area contributed by atoms with E-state index < -0.39 is 0 Å². The van der Waals surface area contributed by atoms with Crippen LogP contribution in [0.3, 0.4) is 0 Å². The molecular weight excluding hydrogens is 323 g/mol. The number of hydrogen-bond donors (Lipinski definition) is 1. The molecule has 0 saturated heterocycles. The van der Waals surface area contributed by atoms with Crippen LogP contribution in [0.25, 0.3) is 10.4 Å². The monoisotopic (exact) mass is 342 g/mol. The minimum atomic E-state index is -0.221. The van der Waals surface area contributed by atoms with Crippen molar-refractivity contribution in [3.05, 3.63) is 75.9 Å². The van der Waals surface area contributed by atoms with Crippen molar-refractivity contribution >= 4 is 11.3 Å². The highest BCUT2D eigenvalue weighted by molar-refractivity contribution is 7.15. The molecule has 124 valence electrons. The summed E-state index contributed by atoms with van der Waals surface area (Å²) in [7, 11) is 1.61. The van der Waals surface area contributed by atoms with Gasteiger partial charge in [-0.1, -0.05) is 12.1 Å². The van der Waals surface area contributed by atoms with Gasteiger partial charge < -0.3 is 9.84 Å². The van der Waals surface area contributed by atoms with Crippen molar-refractivity contribution in [3.8, 4) is 16.2 Å². The molecule has 3 aromatic rings. The molecule has 0 aliphatic heterocycles. The van der Waals surface area contributed by atoms with Gasteiger partial charge in [-0.3, -0.25) is 0 Å². The molecule has 0 fully saturated rings. The lowest BCUT2D eigenvalue weighted by Crippen LogP contribution is -1.97. The van der Waals surface area contributed by atoms with Gasteiger partial charge in [0.05, 0.1) is 13.7 Å². The van der Waals surface area contributed by atoms with E-state index in [9.17, 15) is 9.50 Å². The summed E-state index contributed by atoms with van der Waals surface area (Å²) in [5, 5.41) is 9.50. The molecule has 0 radical (unpaired) electrons. The van der Waals surface area contributed by atoms with Gasteiger partial charge in [0.2, 0.25) is 0 Å². The van der Waals surface area contributed by atoms with Crippen LogP contribution in [0.5, 0.6) is 5.75 Å². The Balaban J connectivity index is 1.86. The van der Waals surface area contributed by atoms with E-state index >= 15 is 0 Å². The van der Waals surface area contributed by atoms with Crippen LogP contribution in [-0.2, 0) is 13.0 Å². The number of methoxy groups -OCH3 is 1. The van der Waals surface area contributed by atoms with E-state index in [1.54, 1.807) is 30.6 Å². The highest BCUT2D eigenvalue weighted by Gasteiger charge is 2.10. The van der Waals surface area contributed by atoms with E-state index in [-0.39, 0.29) is 12.4 Å². The minimum absolute atomic E-state index is 0.0400. The van der Waals surface area contributed by atoms with Gasteiger partial charge in [-0.15, -0.1) is 11.3 Å². The van der Waals surface area contributed by atoms with Crippen LogP contribution < -0.4 is 4.74 Å². The topological polar surface area (TPSA) is 29.5 Å². The summed E-state index contributed by atoms with van der Waals surface area (Å²) >= 11 is 1.70. The van der Waals surface area contributed by atoms with Crippen LogP contribution in [-0.4, -0.2) is 12.2 Å². The highest BCUT2D eigenvalue weighted by atomic mass is 32.1. The summed E-state index contributed by atoms with van der Waals surface area (Å²) in [6.45, 7) is 2.01. The molecule has 1 aromatic heterocycles. The smallest absolute Gasteiger partial charge is 0.124 e. The van der Waals surface area contributed by atoms with Crippen LogP contribution in [0.1, 0.15) is 21.6 Å². The molecular formula is C20H19FO2S. The van der Waals surface area contributed by atoms with Crippen molar-refractivity contribution in [3.63, 3.8) is 0 Å². The quantitative estimate of drug-likeness (QED) is 0.710. The SMILES string of the molecule is COc1cc(C)c(Cc2ccc(-c3ccc(F)cc3)s2)cc1CO. The van der Waals surface area contributed by atoms with Crippen LogP contribution >= 0.6 is 11.3 Å². The number of hydrogen-bond acceptors (Lipinski definition) is 3. The summed E-state index contributed by atoms with van der Waals surface area (Å²) in [6, 6.07) is 14.7. The molecule has 0 saturated carbocycles. The maximum atomic E-state index is 13.0. The Bertz CT molecular complexity index is 837. The third-order valence-electron chi connectivity index (χ3n) is 4.06. The molecule has 2 nitrogen and oxygen atoms in total. The van der Waals surface area contributed by atoms with Gasteiger partial charge in [-0.2, -0.15) is 0 Å². The molecule has 2 aromatic carbocycles. The van der Waals surface area contributed by atoms with Crippen LogP contribution in [0.4, 0.5) is 4.39 Å². The molecule has 0 amide bonds. The number of thiophene rings is 1. The standard InChI is InChI=1S/C20H19FO2S/c1-13-9-19(23-2)16(12-22)10-15(13)11-18-7-8-20(24-18)14-3-5-17(21)6-4-14/h3-10,22H,11-12H2,1-2H3. The van der Waals surface area contributed by atoms with E-state index in [4.69, 9.17) is 4.74 Å². The molecule has 0 aliphatic rings. The summed E-state index contributed by atoms with van der Waals surface area (Å²) in [5.41, 5.74) is 4.14. The zero-order valence-electron chi connectivity index (χ0n) is 13.7. The first-order chi connectivity index (χ1) is 11.6. The van der Waals surface area contributed by atoms with Crippen LogP contribution in [0.2, 0.25) is 0 Å². The second-order valence-corrected chi connectivity index (χ2v) is 6.87. The van der Waals surface area contributed by atoms with Gasteiger partial charge in [-0.25, -0.2) is 4.39 Å². The van der Waals surface area contributed by atoms with Gasteiger partial charge in [0, 0.05) is 21.7 Å². The Labute approximate surface area is 145 Å². The Kier molecular flexibility index (Phi) is 4.97. The number of ether oxygens (including phenoxy) is 1. The molecule has 24 heavy (non-hydrogen) atoms. The summed E-state index contributed by atoms with van der Waals surface area (Å²) in [4.78, 5) is 2.35. The third-order valence-corrected chi connectivity index (χ3v) is 5.20. The predicted octanol–water partition coefficient (Wildman–Crippen LogP) is 4.95. The molecule has 0 unspecified atom stereocenters. The summed E-state index contributed by atoms with van der Waals surface area (Å²) < 4.78 is 18.4. The van der Waals surface area contributed by atoms with Gasteiger partial charge in [0.25, 0.3) is 0 Å². The minimum Gasteiger partial charge on any atom is -0.496 e. The normalized spacial score (nSPS) is 10.8. The second-order valence-electron chi connectivity index (χ2n) is 5.70. The Morgan fingerprint density at radius 3 is 2.46 bits per heavy atom. The van der Waals surface area contributed by atoms with Gasteiger partial charge >= 0.3 is 0 Å². The van der Waals surface area contributed by atoms with Gasteiger partial charge in [0.15, 0.2) is 0 Å². The maximum Gasteiger partial charge on any atom is 0.124 e. The molecule has 3 rings (SSSR count). The predicted molar refractivity (Wildman–Crippen MR) is 96.2 cm³/mol. The fraction of sp³-hybridized carbons (Fsp3) is 0.200. The fourth-order valence-electron chi connectivity index (χ4n) is 2.71. The van der Waals surface area contributed by atoms with Crippen molar-refractivity contribution in [2.45, 2.75) is 20.0 Å². The number of aliphatic hydroxyl groups excluding tert-OH is 1. The van der Waals surface area contributed by atoms with E-state index in [2.05, 4.69) is 12.1 Å². The van der Waals surface area contributed by atoms with Crippen LogP contribution in [0, 0.1) is 12.7 Å². The Hall–Kier alpha value is -2.17. The average molecular weight is 342 g/mol. The first-order valence-corrected chi connectivity index (χ1v) is 8.54. The fourth-order valence-corrected chi connectivity index (χ4v) is 3.75. The first-order valence-electron chi connectivity index (χ1n) is 7.72. The van der Waals surface area contributed by atoms with E-state index in [1.165, 1.54) is 22.6 Å². The lowest BCUT2D eigenvalue weighted by molar-refractivity contribution is 0.273. The molecule has 1 heterocycles. The molecule has 0 bridgehead atoms. The summed E-state index contributed by atoms with van der Waals surface area (Å²) in [5.74, 6) is 0.498. The van der Waals surface area contributed by atoms with Gasteiger partial charge in [-0.05, 0) is 60.0 Å². The van der Waals surface area contributed by atoms with Crippen LogP contribution in [0.15, 0.2) is 48.5 Å². The highest BCUT2D eigenvalue weighted by Crippen LogP contribution is 2.31. The van der Waals surface area contributed by atoms with Crippen molar-refractivity contribution < 1.29 is 14.2 Å². The van der Waals surface area contributed by atoms with Crippen molar-refractivity contribution in [2.24, 2.45) is 0 Å². The number of benzene rings is 2. The zero-order valence-corrected chi connectivity index (χ0v) is 14.5. The average Bonchev–Trinajstić information content (AvgIpc) is 3.05. The van der Waals surface area contributed by atoms with E-state index in [0.29, 0.717) is 0 Å². The second kappa shape index (κ2) is 7.16. The maximum absolute atomic E-state index is 13.0. The lowest BCUT2D eigenvalue weighted by Gasteiger charge is -2.12. The molecule has 0 spiro atoms. The largest absolute Gasteiger partial charge is 0.496 e. The van der Waals surface area contributed by atoms with Crippen molar-refractivity contribution in [1.29, 1.82) is 0 Å². The molecule has 1 N–H and O–H groups in total. The summed E-state index contributed by atoms with van der Waals surface area (Å²) in [6.07, 6.45) is 0.800. The van der Waals surface area contributed by atoms with E-state index in [1.807, 2.05) is 19.1 Å². The van der Waals surface area contributed by atoms with Gasteiger partial charge in [0.1, 0.15) is 11.6 Å². The third kappa shape index (κ3) is 3.50. The Morgan fingerprint density at radius 2 is 1.79 bits per heavy atom. The molecule has 0 atom stereocenters. The Morgan fingerprint density at radius 1 is 1.04 bits per heavy atom. The lowest BCUT2D eigenvalue weighted by atomic mass is 10.0. The first kappa shape index (κ1) is 16.7. The zero-order chi connectivity index (χ0) is 17.1. The number of halogens is 1. The van der Waals surface area contributed by atoms with Crippen molar-refractivity contribution in [1.82, 2.24) is 0 Å². The number of rotatable bonds is 5. The number of aliphatic hydroxyl groups is 1. The van der Waals surface area contributed by atoms with Crippen molar-refractivity contribution in [2.75, 3.05) is 7.11 Å². The molecule has 4 heteroatoms. The molecule has 0 aliphatic carbocycles. The van der Waals surface area contributed by atoms with E-state index in [0.717, 1.165) is 33.7 Å².